The van der Waals surface area contributed by atoms with Crippen LogP contribution in [-0.2, 0) is 17.8 Å². The zero-order valence-electron chi connectivity index (χ0n) is 14.1. The summed E-state index contributed by atoms with van der Waals surface area (Å²) in [4.78, 5) is 33.0. The fourth-order valence-electron chi connectivity index (χ4n) is 2.38. The number of carbonyl (C=O) groups excluding carboxylic acids is 1. The number of aromatic nitrogens is 3. The van der Waals surface area contributed by atoms with E-state index in [2.05, 4.69) is 27.1 Å². The predicted molar refractivity (Wildman–Crippen MR) is 100 cm³/mol. The first-order valence-electron chi connectivity index (χ1n) is 8.04. The Balaban J connectivity index is 1.75. The third kappa shape index (κ3) is 4.70. The standard InChI is InChI=1S/C19H15ClN4O3/c20-15-5-3-13(4-6-15)9-23-18(26)8-14-10-22-17-11-21-16(2-1-7-25)12-24(17)19(14)27/h3-6,10-12,25H,7-9H2,(H,23,26). The van der Waals surface area contributed by atoms with Gasteiger partial charge in [0.15, 0.2) is 5.65 Å². The monoisotopic (exact) mass is 382 g/mol. The van der Waals surface area contributed by atoms with Gasteiger partial charge in [-0.2, -0.15) is 0 Å². The van der Waals surface area contributed by atoms with Crippen LogP contribution < -0.4 is 10.9 Å². The van der Waals surface area contributed by atoms with Crippen molar-refractivity contribution >= 4 is 23.2 Å². The quantitative estimate of drug-likeness (QED) is 0.655. The van der Waals surface area contributed by atoms with Crippen LogP contribution in [0.2, 0.25) is 5.02 Å². The molecule has 2 N–H and O–H groups in total. The first kappa shape index (κ1) is 18.6. The van der Waals surface area contributed by atoms with Crippen LogP contribution in [0.25, 0.3) is 5.65 Å². The van der Waals surface area contributed by atoms with E-state index < -0.39 is 0 Å². The molecule has 1 aromatic carbocycles. The van der Waals surface area contributed by atoms with Gasteiger partial charge in [0.1, 0.15) is 12.3 Å². The Kier molecular flexibility index (Phi) is 5.81. The molecular formula is C19H15ClN4O3. The van der Waals surface area contributed by atoms with Crippen molar-refractivity contribution in [3.63, 3.8) is 0 Å². The second-order valence-corrected chi connectivity index (χ2v) is 6.07. The van der Waals surface area contributed by atoms with E-state index in [9.17, 15) is 9.59 Å². The van der Waals surface area contributed by atoms with Crippen LogP contribution in [0.5, 0.6) is 0 Å². The van der Waals surface area contributed by atoms with E-state index in [0.29, 0.717) is 22.9 Å². The van der Waals surface area contributed by atoms with Gasteiger partial charge in [-0.15, -0.1) is 0 Å². The molecule has 3 rings (SSSR count). The van der Waals surface area contributed by atoms with Gasteiger partial charge in [-0.3, -0.25) is 14.0 Å². The number of carbonyl (C=O) groups is 1. The van der Waals surface area contributed by atoms with Crippen LogP contribution in [0, 0.1) is 11.8 Å². The molecule has 0 spiro atoms. The third-order valence-electron chi connectivity index (χ3n) is 3.71. The number of hydrogen-bond acceptors (Lipinski definition) is 5. The highest BCUT2D eigenvalue weighted by Crippen LogP contribution is 2.09. The molecule has 0 aliphatic rings. The molecule has 0 saturated heterocycles. The molecule has 3 aromatic rings. The van der Waals surface area contributed by atoms with Gasteiger partial charge in [0, 0.05) is 29.5 Å². The molecule has 0 atom stereocenters. The molecule has 7 nitrogen and oxygen atoms in total. The first-order chi connectivity index (χ1) is 13.1. The van der Waals surface area contributed by atoms with E-state index in [1.165, 1.54) is 23.0 Å². The Morgan fingerprint density at radius 3 is 2.74 bits per heavy atom. The maximum Gasteiger partial charge on any atom is 0.261 e. The Morgan fingerprint density at radius 1 is 1.22 bits per heavy atom. The maximum absolute atomic E-state index is 12.6. The molecule has 0 bridgehead atoms. The molecule has 0 saturated carbocycles. The van der Waals surface area contributed by atoms with Crippen molar-refractivity contribution < 1.29 is 9.90 Å². The summed E-state index contributed by atoms with van der Waals surface area (Å²) in [5.74, 6) is 4.80. The van der Waals surface area contributed by atoms with Crippen molar-refractivity contribution in [1.29, 1.82) is 0 Å². The molecule has 0 aliphatic heterocycles. The van der Waals surface area contributed by atoms with Crippen molar-refractivity contribution in [2.45, 2.75) is 13.0 Å². The van der Waals surface area contributed by atoms with Gasteiger partial charge in [-0.25, -0.2) is 9.97 Å². The summed E-state index contributed by atoms with van der Waals surface area (Å²) >= 11 is 5.83. The molecule has 1 amide bonds. The van der Waals surface area contributed by atoms with Gasteiger partial charge in [0.25, 0.3) is 5.56 Å². The molecule has 0 fully saturated rings. The topological polar surface area (TPSA) is 96.6 Å². The van der Waals surface area contributed by atoms with E-state index in [0.717, 1.165) is 5.56 Å². The number of halogens is 1. The fraction of sp³-hybridized carbons (Fsp3) is 0.158. The van der Waals surface area contributed by atoms with Crippen LogP contribution in [0.3, 0.4) is 0 Å². The first-order valence-corrected chi connectivity index (χ1v) is 8.42. The van der Waals surface area contributed by atoms with Gasteiger partial charge in [-0.05, 0) is 23.6 Å². The highest BCUT2D eigenvalue weighted by Gasteiger charge is 2.10. The Labute approximate surface area is 159 Å². The number of hydrogen-bond donors (Lipinski definition) is 2. The van der Waals surface area contributed by atoms with Crippen LogP contribution >= 0.6 is 11.6 Å². The van der Waals surface area contributed by atoms with E-state index in [-0.39, 0.29) is 30.1 Å². The van der Waals surface area contributed by atoms with Gasteiger partial charge in [0.2, 0.25) is 5.91 Å². The van der Waals surface area contributed by atoms with Crippen LogP contribution in [-0.4, -0.2) is 32.0 Å². The summed E-state index contributed by atoms with van der Waals surface area (Å²) < 4.78 is 1.29. The number of fused-ring (bicyclic) bond motifs is 1. The number of benzene rings is 1. The molecule has 0 unspecified atom stereocenters. The molecule has 136 valence electrons. The van der Waals surface area contributed by atoms with Crippen LogP contribution in [0.15, 0.2) is 47.7 Å². The smallest absolute Gasteiger partial charge is 0.261 e. The van der Waals surface area contributed by atoms with E-state index in [4.69, 9.17) is 16.7 Å². The van der Waals surface area contributed by atoms with Crippen LogP contribution in [0.4, 0.5) is 0 Å². The summed E-state index contributed by atoms with van der Waals surface area (Å²) in [7, 11) is 0. The SMILES string of the molecule is O=C(Cc1cnc2cnc(C#CCO)cn2c1=O)NCc1ccc(Cl)cc1. The molecule has 27 heavy (non-hydrogen) atoms. The Morgan fingerprint density at radius 2 is 2.00 bits per heavy atom. The third-order valence-corrected chi connectivity index (χ3v) is 3.96. The highest BCUT2D eigenvalue weighted by atomic mass is 35.5. The molecule has 0 aliphatic carbocycles. The lowest BCUT2D eigenvalue weighted by Crippen LogP contribution is -2.29. The number of amides is 1. The molecule has 2 aromatic heterocycles. The molecule has 0 radical (unpaired) electrons. The van der Waals surface area contributed by atoms with Crippen molar-refractivity contribution in [1.82, 2.24) is 19.7 Å². The lowest BCUT2D eigenvalue weighted by Gasteiger charge is -2.07. The number of aliphatic hydroxyl groups excluding tert-OH is 1. The second-order valence-electron chi connectivity index (χ2n) is 5.63. The second kappa shape index (κ2) is 8.45. The van der Waals surface area contributed by atoms with Crippen LogP contribution in [0.1, 0.15) is 16.8 Å². The van der Waals surface area contributed by atoms with Crippen molar-refractivity contribution in [3.05, 3.63) is 75.1 Å². The van der Waals surface area contributed by atoms with E-state index in [1.54, 1.807) is 12.1 Å². The van der Waals surface area contributed by atoms with Crippen molar-refractivity contribution in [2.75, 3.05) is 6.61 Å². The average molecular weight is 383 g/mol. The minimum Gasteiger partial charge on any atom is -0.384 e. The number of aliphatic hydroxyl groups is 1. The summed E-state index contributed by atoms with van der Waals surface area (Å²) in [6.45, 7) is 0.0316. The summed E-state index contributed by atoms with van der Waals surface area (Å²) in [5, 5.41) is 12.1. The normalized spacial score (nSPS) is 10.3. The predicted octanol–water partition coefficient (Wildman–Crippen LogP) is 0.946. The van der Waals surface area contributed by atoms with E-state index >= 15 is 0 Å². The molecular weight excluding hydrogens is 368 g/mol. The van der Waals surface area contributed by atoms with Gasteiger partial charge in [0.05, 0.1) is 12.6 Å². The number of nitrogens with one attached hydrogen (secondary N) is 1. The number of rotatable bonds is 4. The van der Waals surface area contributed by atoms with Gasteiger partial charge < -0.3 is 10.4 Å². The highest BCUT2D eigenvalue weighted by molar-refractivity contribution is 6.30. The molecule has 2 heterocycles. The maximum atomic E-state index is 12.6. The summed E-state index contributed by atoms with van der Waals surface area (Å²) in [5.41, 5.74) is 1.47. The van der Waals surface area contributed by atoms with Gasteiger partial charge >= 0.3 is 0 Å². The van der Waals surface area contributed by atoms with E-state index in [1.807, 2.05) is 12.1 Å². The molecule has 8 heteroatoms. The fourth-order valence-corrected chi connectivity index (χ4v) is 2.50. The zero-order chi connectivity index (χ0) is 19.2. The summed E-state index contributed by atoms with van der Waals surface area (Å²) in [6.07, 6.45) is 4.12. The zero-order valence-corrected chi connectivity index (χ0v) is 14.9. The summed E-state index contributed by atoms with van der Waals surface area (Å²) in [6, 6.07) is 7.12. The largest absolute Gasteiger partial charge is 0.384 e. The van der Waals surface area contributed by atoms with Crippen molar-refractivity contribution in [2.24, 2.45) is 0 Å². The Bertz CT molecular complexity index is 1100. The minimum absolute atomic E-state index is 0.0949. The lowest BCUT2D eigenvalue weighted by molar-refractivity contribution is -0.120. The lowest BCUT2D eigenvalue weighted by atomic mass is 10.2. The minimum atomic E-state index is -0.365. The average Bonchev–Trinajstić information content (AvgIpc) is 2.68. The van der Waals surface area contributed by atoms with Gasteiger partial charge in [-0.1, -0.05) is 29.7 Å². The number of nitrogens with zero attached hydrogens (tertiary/aromatic N) is 3. The Hall–Kier alpha value is -3.21. The van der Waals surface area contributed by atoms with Crippen molar-refractivity contribution in [3.8, 4) is 11.8 Å².